The SMILES string of the molecule is Cc1cccc(C2CCCCC2)c1C. The summed E-state index contributed by atoms with van der Waals surface area (Å²) in [6.07, 6.45) is 7.12. The Balaban J connectivity index is 2.26. The van der Waals surface area contributed by atoms with Crippen LogP contribution in [0.5, 0.6) is 0 Å². The van der Waals surface area contributed by atoms with Crippen LogP contribution in [0.25, 0.3) is 0 Å². The van der Waals surface area contributed by atoms with Crippen LogP contribution in [-0.4, -0.2) is 0 Å². The third kappa shape index (κ3) is 1.84. The van der Waals surface area contributed by atoms with Crippen molar-refractivity contribution in [1.29, 1.82) is 0 Å². The predicted octanol–water partition coefficient (Wildman–Crippen LogP) is 4.35. The molecule has 0 saturated heterocycles. The van der Waals surface area contributed by atoms with Gasteiger partial charge in [0.1, 0.15) is 0 Å². The normalized spacial score (nSPS) is 18.4. The van der Waals surface area contributed by atoms with Crippen LogP contribution in [0.2, 0.25) is 0 Å². The first-order valence-electron chi connectivity index (χ1n) is 5.85. The smallest absolute Gasteiger partial charge is 0.0159 e. The Morgan fingerprint density at radius 3 is 2.43 bits per heavy atom. The highest BCUT2D eigenvalue weighted by molar-refractivity contribution is 5.35. The van der Waals surface area contributed by atoms with Crippen molar-refractivity contribution in [3.63, 3.8) is 0 Å². The Hall–Kier alpha value is -0.780. The van der Waals surface area contributed by atoms with Gasteiger partial charge in [-0.05, 0) is 49.3 Å². The van der Waals surface area contributed by atoms with Gasteiger partial charge in [0.15, 0.2) is 0 Å². The molecule has 0 unspecified atom stereocenters. The van der Waals surface area contributed by atoms with Crippen molar-refractivity contribution in [1.82, 2.24) is 0 Å². The molecule has 0 spiro atoms. The van der Waals surface area contributed by atoms with Crippen molar-refractivity contribution in [3.05, 3.63) is 34.9 Å². The average molecular weight is 188 g/mol. The molecule has 1 aliphatic carbocycles. The second kappa shape index (κ2) is 4.16. The number of aryl methyl sites for hydroxylation is 1. The minimum Gasteiger partial charge on any atom is -0.0617 e. The molecule has 1 fully saturated rings. The lowest BCUT2D eigenvalue weighted by Crippen LogP contribution is -2.06. The van der Waals surface area contributed by atoms with E-state index in [2.05, 4.69) is 32.0 Å². The first kappa shape index (κ1) is 9.76. The zero-order chi connectivity index (χ0) is 9.97. The maximum absolute atomic E-state index is 2.33. The molecule has 1 saturated carbocycles. The van der Waals surface area contributed by atoms with Crippen LogP contribution in [0.4, 0.5) is 0 Å². The molecule has 14 heavy (non-hydrogen) atoms. The van der Waals surface area contributed by atoms with E-state index in [1.807, 2.05) is 0 Å². The van der Waals surface area contributed by atoms with E-state index in [4.69, 9.17) is 0 Å². The largest absolute Gasteiger partial charge is 0.0617 e. The van der Waals surface area contributed by atoms with E-state index >= 15 is 0 Å². The minimum absolute atomic E-state index is 0.851. The van der Waals surface area contributed by atoms with Crippen molar-refractivity contribution in [2.45, 2.75) is 51.9 Å². The Kier molecular flexibility index (Phi) is 2.90. The summed E-state index contributed by atoms with van der Waals surface area (Å²) in [5.74, 6) is 0.851. The molecule has 0 aromatic heterocycles. The maximum atomic E-state index is 2.33. The highest BCUT2D eigenvalue weighted by atomic mass is 14.2. The van der Waals surface area contributed by atoms with Crippen LogP contribution >= 0.6 is 0 Å². The molecular formula is C14H20. The summed E-state index contributed by atoms with van der Waals surface area (Å²) in [7, 11) is 0. The number of hydrogen-bond acceptors (Lipinski definition) is 0. The van der Waals surface area contributed by atoms with Gasteiger partial charge >= 0.3 is 0 Å². The van der Waals surface area contributed by atoms with Gasteiger partial charge in [0.2, 0.25) is 0 Å². The van der Waals surface area contributed by atoms with Crippen LogP contribution in [-0.2, 0) is 0 Å². The number of rotatable bonds is 1. The molecule has 76 valence electrons. The molecule has 0 atom stereocenters. The predicted molar refractivity (Wildman–Crippen MR) is 61.7 cm³/mol. The molecule has 2 rings (SSSR count). The van der Waals surface area contributed by atoms with Gasteiger partial charge in [0, 0.05) is 0 Å². The van der Waals surface area contributed by atoms with Crippen molar-refractivity contribution in [3.8, 4) is 0 Å². The molecule has 1 aromatic carbocycles. The van der Waals surface area contributed by atoms with Crippen molar-refractivity contribution in [2.24, 2.45) is 0 Å². The molecular weight excluding hydrogens is 168 g/mol. The lowest BCUT2D eigenvalue weighted by atomic mass is 9.81. The minimum atomic E-state index is 0.851. The molecule has 0 amide bonds. The zero-order valence-electron chi connectivity index (χ0n) is 9.34. The highest BCUT2D eigenvalue weighted by Crippen LogP contribution is 2.34. The summed E-state index contributed by atoms with van der Waals surface area (Å²) in [6.45, 7) is 4.50. The van der Waals surface area contributed by atoms with E-state index < -0.39 is 0 Å². The molecule has 0 radical (unpaired) electrons. The van der Waals surface area contributed by atoms with Crippen LogP contribution in [0.1, 0.15) is 54.7 Å². The van der Waals surface area contributed by atoms with Crippen molar-refractivity contribution in [2.75, 3.05) is 0 Å². The first-order valence-corrected chi connectivity index (χ1v) is 5.85. The summed E-state index contributed by atoms with van der Waals surface area (Å²) >= 11 is 0. The zero-order valence-corrected chi connectivity index (χ0v) is 9.34. The van der Waals surface area contributed by atoms with Gasteiger partial charge in [-0.3, -0.25) is 0 Å². The maximum Gasteiger partial charge on any atom is -0.0159 e. The van der Waals surface area contributed by atoms with Gasteiger partial charge < -0.3 is 0 Å². The molecule has 0 heterocycles. The van der Waals surface area contributed by atoms with Crippen molar-refractivity contribution < 1.29 is 0 Å². The van der Waals surface area contributed by atoms with Crippen LogP contribution in [0, 0.1) is 13.8 Å². The molecule has 1 aromatic rings. The van der Waals surface area contributed by atoms with E-state index in [9.17, 15) is 0 Å². The lowest BCUT2D eigenvalue weighted by Gasteiger charge is -2.24. The molecule has 0 aliphatic heterocycles. The summed E-state index contributed by atoms with van der Waals surface area (Å²) in [5, 5.41) is 0. The molecule has 0 nitrogen and oxygen atoms in total. The Morgan fingerprint density at radius 1 is 1.00 bits per heavy atom. The van der Waals surface area contributed by atoms with Crippen LogP contribution < -0.4 is 0 Å². The average Bonchev–Trinajstić information content (AvgIpc) is 2.23. The Morgan fingerprint density at radius 2 is 1.71 bits per heavy atom. The fourth-order valence-corrected chi connectivity index (χ4v) is 2.63. The van der Waals surface area contributed by atoms with Crippen LogP contribution in [0.3, 0.4) is 0 Å². The van der Waals surface area contributed by atoms with Crippen molar-refractivity contribution >= 4 is 0 Å². The Bertz CT molecular complexity index is 306. The second-order valence-corrected chi connectivity index (χ2v) is 4.62. The fourth-order valence-electron chi connectivity index (χ4n) is 2.63. The molecule has 0 N–H and O–H groups in total. The second-order valence-electron chi connectivity index (χ2n) is 4.62. The van der Waals surface area contributed by atoms with Crippen LogP contribution in [0.15, 0.2) is 18.2 Å². The molecule has 0 bridgehead atoms. The first-order chi connectivity index (χ1) is 6.79. The molecule has 0 heteroatoms. The summed E-state index contributed by atoms with van der Waals surface area (Å²) in [6, 6.07) is 6.77. The van der Waals surface area contributed by atoms with Gasteiger partial charge in [0.25, 0.3) is 0 Å². The van der Waals surface area contributed by atoms with Gasteiger partial charge in [0.05, 0.1) is 0 Å². The molecule has 1 aliphatic rings. The quantitative estimate of drug-likeness (QED) is 0.614. The van der Waals surface area contributed by atoms with E-state index in [1.165, 1.54) is 43.2 Å². The summed E-state index contributed by atoms with van der Waals surface area (Å²) in [4.78, 5) is 0. The van der Waals surface area contributed by atoms with Gasteiger partial charge in [-0.25, -0.2) is 0 Å². The lowest BCUT2D eigenvalue weighted by molar-refractivity contribution is 0.442. The van der Waals surface area contributed by atoms with Gasteiger partial charge in [-0.1, -0.05) is 37.5 Å². The third-order valence-electron chi connectivity index (χ3n) is 3.69. The summed E-state index contributed by atoms with van der Waals surface area (Å²) < 4.78 is 0. The topological polar surface area (TPSA) is 0 Å². The van der Waals surface area contributed by atoms with E-state index in [0.717, 1.165) is 5.92 Å². The third-order valence-corrected chi connectivity index (χ3v) is 3.69. The fraction of sp³-hybridized carbons (Fsp3) is 0.571. The number of hydrogen-bond donors (Lipinski definition) is 0. The van der Waals surface area contributed by atoms with E-state index in [0.29, 0.717) is 0 Å². The van der Waals surface area contributed by atoms with E-state index in [-0.39, 0.29) is 0 Å². The van der Waals surface area contributed by atoms with Gasteiger partial charge in [-0.15, -0.1) is 0 Å². The monoisotopic (exact) mass is 188 g/mol. The Labute approximate surface area is 87.3 Å². The number of benzene rings is 1. The summed E-state index contributed by atoms with van der Waals surface area (Å²) in [5.41, 5.74) is 4.59. The standard InChI is InChI=1S/C14H20/c1-11-7-6-10-14(12(11)2)13-8-4-3-5-9-13/h6-7,10,13H,3-5,8-9H2,1-2H3. The van der Waals surface area contributed by atoms with Gasteiger partial charge in [-0.2, -0.15) is 0 Å². The highest BCUT2D eigenvalue weighted by Gasteiger charge is 2.17. The van der Waals surface area contributed by atoms with E-state index in [1.54, 1.807) is 5.56 Å².